The molecule has 0 saturated heterocycles. The molecule has 0 bridgehead atoms. The number of methoxy groups -OCH3 is 1. The fraction of sp³-hybridized carbons (Fsp3) is 0.600. The molecule has 108 valence electrons. The van der Waals surface area contributed by atoms with Crippen LogP contribution in [0.4, 0.5) is 13.2 Å². The third-order valence-corrected chi connectivity index (χ3v) is 3.28. The van der Waals surface area contributed by atoms with Crippen LogP contribution in [-0.2, 0) is 6.18 Å². The molecule has 0 aliphatic heterocycles. The van der Waals surface area contributed by atoms with Gasteiger partial charge in [0.1, 0.15) is 5.75 Å². The average Bonchev–Trinajstić information content (AvgIpc) is 2.37. The van der Waals surface area contributed by atoms with Crippen molar-refractivity contribution in [1.29, 1.82) is 0 Å². The summed E-state index contributed by atoms with van der Waals surface area (Å²) in [6, 6.07) is 4.29. The van der Waals surface area contributed by atoms with E-state index in [1.165, 1.54) is 7.11 Å². The number of hydrogen-bond donors (Lipinski definition) is 0. The second kappa shape index (κ2) is 6.83. The predicted octanol–water partition coefficient (Wildman–Crippen LogP) is 5.40. The Morgan fingerprint density at radius 1 is 1.11 bits per heavy atom. The van der Waals surface area contributed by atoms with E-state index < -0.39 is 11.7 Å². The minimum Gasteiger partial charge on any atom is -0.497 e. The summed E-state index contributed by atoms with van der Waals surface area (Å²) in [5.41, 5.74) is -0.157. The van der Waals surface area contributed by atoms with E-state index >= 15 is 0 Å². The zero-order valence-electron chi connectivity index (χ0n) is 11.7. The maximum atomic E-state index is 13.2. The lowest BCUT2D eigenvalue weighted by atomic mass is 9.87. The van der Waals surface area contributed by atoms with Gasteiger partial charge in [-0.2, -0.15) is 13.2 Å². The quantitative estimate of drug-likeness (QED) is 0.675. The van der Waals surface area contributed by atoms with Crippen LogP contribution in [0, 0.1) is 0 Å². The van der Waals surface area contributed by atoms with Crippen LogP contribution in [0.2, 0.25) is 0 Å². The van der Waals surface area contributed by atoms with Crippen molar-refractivity contribution < 1.29 is 17.9 Å². The number of rotatable bonds is 6. The van der Waals surface area contributed by atoms with Crippen LogP contribution in [0.15, 0.2) is 18.2 Å². The first-order chi connectivity index (χ1) is 8.93. The maximum Gasteiger partial charge on any atom is 0.416 e. The zero-order valence-corrected chi connectivity index (χ0v) is 11.7. The fourth-order valence-electron chi connectivity index (χ4n) is 2.42. The van der Waals surface area contributed by atoms with Crippen molar-refractivity contribution in [3.63, 3.8) is 0 Å². The van der Waals surface area contributed by atoms with E-state index in [1.807, 2.05) is 13.8 Å². The molecule has 4 heteroatoms. The van der Waals surface area contributed by atoms with E-state index in [0.29, 0.717) is 5.56 Å². The fourth-order valence-corrected chi connectivity index (χ4v) is 2.42. The van der Waals surface area contributed by atoms with Crippen LogP contribution in [-0.4, -0.2) is 7.11 Å². The molecule has 0 unspecified atom stereocenters. The van der Waals surface area contributed by atoms with Crippen LogP contribution in [0.3, 0.4) is 0 Å². The summed E-state index contributed by atoms with van der Waals surface area (Å²) in [6.45, 7) is 4.00. The van der Waals surface area contributed by atoms with Crippen LogP contribution < -0.4 is 4.74 Å². The van der Waals surface area contributed by atoms with E-state index in [-0.39, 0.29) is 11.7 Å². The largest absolute Gasteiger partial charge is 0.497 e. The summed E-state index contributed by atoms with van der Waals surface area (Å²) < 4.78 is 44.4. The van der Waals surface area contributed by atoms with Crippen molar-refractivity contribution in [2.75, 3.05) is 7.11 Å². The zero-order chi connectivity index (χ0) is 14.5. The Labute approximate surface area is 112 Å². The summed E-state index contributed by atoms with van der Waals surface area (Å²) >= 11 is 0. The van der Waals surface area contributed by atoms with Crippen LogP contribution in [0.1, 0.15) is 56.6 Å². The molecule has 19 heavy (non-hydrogen) atoms. The summed E-state index contributed by atoms with van der Waals surface area (Å²) in [6.07, 6.45) is -1.00. The molecule has 0 aliphatic rings. The highest BCUT2D eigenvalue weighted by molar-refractivity contribution is 5.39. The van der Waals surface area contributed by atoms with Gasteiger partial charge in [0.15, 0.2) is 0 Å². The van der Waals surface area contributed by atoms with Gasteiger partial charge in [-0.1, -0.05) is 32.8 Å². The summed E-state index contributed by atoms with van der Waals surface area (Å²) in [5, 5.41) is 0. The van der Waals surface area contributed by atoms with E-state index in [2.05, 4.69) is 0 Å². The van der Waals surface area contributed by atoms with Crippen LogP contribution in [0.25, 0.3) is 0 Å². The molecule has 0 fully saturated rings. The highest BCUT2D eigenvalue weighted by Gasteiger charge is 2.35. The maximum absolute atomic E-state index is 13.2. The summed E-state index contributed by atoms with van der Waals surface area (Å²) in [4.78, 5) is 0. The molecule has 1 nitrogen and oxygen atoms in total. The molecule has 0 amide bonds. The monoisotopic (exact) mass is 274 g/mol. The average molecular weight is 274 g/mol. The van der Waals surface area contributed by atoms with Gasteiger partial charge >= 0.3 is 6.18 Å². The molecule has 0 N–H and O–H groups in total. The Morgan fingerprint density at radius 3 is 2.11 bits per heavy atom. The Bertz CT molecular complexity index is 393. The molecule has 1 aromatic carbocycles. The van der Waals surface area contributed by atoms with Gasteiger partial charge in [-0.25, -0.2) is 0 Å². The Balaban J connectivity index is 3.23. The van der Waals surface area contributed by atoms with Crippen molar-refractivity contribution in [2.24, 2.45) is 0 Å². The van der Waals surface area contributed by atoms with E-state index in [0.717, 1.165) is 31.7 Å². The van der Waals surface area contributed by atoms with Crippen molar-refractivity contribution >= 4 is 0 Å². The van der Waals surface area contributed by atoms with Gasteiger partial charge in [0.2, 0.25) is 0 Å². The Kier molecular flexibility index (Phi) is 5.70. The van der Waals surface area contributed by atoms with Crippen LogP contribution in [0.5, 0.6) is 5.75 Å². The standard InChI is InChI=1S/C15H21F3O/c1-4-6-11(7-5-2)13-9-8-12(19-3)10-14(13)15(16,17)18/h8-11H,4-7H2,1-3H3. The number of hydrogen-bond acceptors (Lipinski definition) is 1. The van der Waals surface area contributed by atoms with Crippen molar-refractivity contribution in [3.8, 4) is 5.75 Å². The number of benzene rings is 1. The minimum atomic E-state index is -4.33. The number of alkyl halides is 3. The lowest BCUT2D eigenvalue weighted by molar-refractivity contribution is -0.138. The molecule has 0 aliphatic carbocycles. The number of ether oxygens (including phenoxy) is 1. The van der Waals surface area contributed by atoms with Gasteiger partial charge in [0, 0.05) is 0 Å². The van der Waals surface area contributed by atoms with Crippen molar-refractivity contribution in [2.45, 2.75) is 51.6 Å². The lowest BCUT2D eigenvalue weighted by Gasteiger charge is -2.21. The molecule has 0 radical (unpaired) electrons. The highest BCUT2D eigenvalue weighted by Crippen LogP contribution is 2.40. The summed E-state index contributed by atoms with van der Waals surface area (Å²) in [7, 11) is 1.38. The predicted molar refractivity (Wildman–Crippen MR) is 70.6 cm³/mol. The molecule has 0 atom stereocenters. The summed E-state index contributed by atoms with van der Waals surface area (Å²) in [5.74, 6) is 0.223. The third-order valence-electron chi connectivity index (χ3n) is 3.28. The van der Waals surface area contributed by atoms with Crippen molar-refractivity contribution in [1.82, 2.24) is 0 Å². The topological polar surface area (TPSA) is 9.23 Å². The smallest absolute Gasteiger partial charge is 0.416 e. The van der Waals surface area contributed by atoms with Gasteiger partial charge in [-0.15, -0.1) is 0 Å². The first-order valence-corrected chi connectivity index (χ1v) is 6.69. The molecule has 0 heterocycles. The molecule has 0 aromatic heterocycles. The molecule has 1 aromatic rings. The number of halogens is 3. The highest BCUT2D eigenvalue weighted by atomic mass is 19.4. The molecular weight excluding hydrogens is 253 g/mol. The normalized spacial score (nSPS) is 11.9. The van der Waals surface area contributed by atoms with Crippen molar-refractivity contribution in [3.05, 3.63) is 29.3 Å². The minimum absolute atomic E-state index is 0.0301. The molecule has 0 saturated carbocycles. The Hall–Kier alpha value is -1.19. The molecule has 1 rings (SSSR count). The first kappa shape index (κ1) is 15.9. The Morgan fingerprint density at radius 2 is 1.68 bits per heavy atom. The van der Waals surface area contributed by atoms with Gasteiger partial charge in [-0.05, 0) is 36.5 Å². The van der Waals surface area contributed by atoms with Gasteiger partial charge < -0.3 is 4.74 Å². The van der Waals surface area contributed by atoms with E-state index in [4.69, 9.17) is 4.74 Å². The van der Waals surface area contributed by atoms with E-state index in [1.54, 1.807) is 12.1 Å². The SMILES string of the molecule is CCCC(CCC)c1ccc(OC)cc1C(F)(F)F. The molecule has 0 spiro atoms. The van der Waals surface area contributed by atoms with E-state index in [9.17, 15) is 13.2 Å². The van der Waals surface area contributed by atoms with Gasteiger partial charge in [-0.3, -0.25) is 0 Å². The third kappa shape index (κ3) is 4.15. The lowest BCUT2D eigenvalue weighted by Crippen LogP contribution is -2.12. The first-order valence-electron chi connectivity index (χ1n) is 6.69. The van der Waals surface area contributed by atoms with Crippen LogP contribution >= 0.6 is 0 Å². The van der Waals surface area contributed by atoms with Gasteiger partial charge in [0.05, 0.1) is 12.7 Å². The second-order valence-corrected chi connectivity index (χ2v) is 4.73. The molecular formula is C15H21F3O. The second-order valence-electron chi connectivity index (χ2n) is 4.73. The van der Waals surface area contributed by atoms with Gasteiger partial charge in [0.25, 0.3) is 0 Å².